The number of nitrogens with one attached hydrogen (secondary N) is 1. The maximum Gasteiger partial charge on any atom is 0.259 e. The van der Waals surface area contributed by atoms with Crippen LogP contribution in [0, 0.1) is 6.92 Å². The van der Waals surface area contributed by atoms with Crippen molar-refractivity contribution in [1.82, 2.24) is 24.6 Å². The molecule has 1 amide bonds. The van der Waals surface area contributed by atoms with Crippen LogP contribution in [0.15, 0.2) is 30.7 Å². The van der Waals surface area contributed by atoms with Gasteiger partial charge in [0.25, 0.3) is 5.91 Å². The van der Waals surface area contributed by atoms with E-state index >= 15 is 0 Å². The second-order valence-corrected chi connectivity index (χ2v) is 9.20. The first-order valence-electron chi connectivity index (χ1n) is 10.3. The first kappa shape index (κ1) is 21.7. The highest BCUT2D eigenvalue weighted by Gasteiger charge is 2.32. The Kier molecular flexibility index (Phi) is 5.73. The van der Waals surface area contributed by atoms with E-state index in [0.717, 1.165) is 29.2 Å². The van der Waals surface area contributed by atoms with Gasteiger partial charge in [0, 0.05) is 36.0 Å². The number of anilines is 1. The number of aryl methyl sites for hydroxylation is 1. The lowest BCUT2D eigenvalue weighted by atomic mass is 9.80. The molecule has 0 unspecified atom stereocenters. The largest absolute Gasteiger partial charge is 0.494 e. The van der Waals surface area contributed by atoms with Gasteiger partial charge in [0.05, 0.1) is 36.9 Å². The number of carbonyl (C=O) groups excluding carboxylic acids is 1. The Bertz CT molecular complexity index is 1320. The zero-order valence-corrected chi connectivity index (χ0v) is 19.8. The zero-order chi connectivity index (χ0) is 23.1. The van der Waals surface area contributed by atoms with E-state index in [1.165, 1.54) is 23.7 Å². The molecule has 4 aromatic heterocycles. The molecule has 0 atom stereocenters. The number of rotatable bonds is 6. The first-order chi connectivity index (χ1) is 15.9. The highest BCUT2D eigenvalue weighted by molar-refractivity contribution is 7.20. The van der Waals surface area contributed by atoms with Gasteiger partial charge in [0.15, 0.2) is 0 Å². The number of nitrogens with zero attached hydrogens (tertiary/aromatic N) is 5. The molecule has 1 fully saturated rings. The summed E-state index contributed by atoms with van der Waals surface area (Å²) in [6, 6.07) is 3.48. The fourth-order valence-electron chi connectivity index (χ4n) is 3.88. The van der Waals surface area contributed by atoms with Gasteiger partial charge in [-0.3, -0.25) is 15.1 Å². The fourth-order valence-corrected chi connectivity index (χ4v) is 4.82. The number of hydrogen-bond donors (Lipinski definition) is 1. The summed E-state index contributed by atoms with van der Waals surface area (Å²) in [5, 5.41) is 8.09. The number of hydrogen-bond acceptors (Lipinski definition) is 8. The molecule has 1 saturated carbocycles. The Morgan fingerprint density at radius 2 is 2.03 bits per heavy atom. The molecule has 33 heavy (non-hydrogen) atoms. The van der Waals surface area contributed by atoms with Crippen LogP contribution in [0.1, 0.15) is 40.5 Å². The molecule has 0 spiro atoms. The topological polar surface area (TPSA) is 104 Å². The van der Waals surface area contributed by atoms with E-state index in [0.29, 0.717) is 44.7 Å². The quantitative estimate of drug-likeness (QED) is 0.405. The number of aromatic nitrogens is 5. The molecule has 0 bridgehead atoms. The summed E-state index contributed by atoms with van der Waals surface area (Å²) >= 11 is 7.43. The van der Waals surface area contributed by atoms with Gasteiger partial charge in [-0.25, -0.2) is 14.5 Å². The molecule has 11 heteroatoms. The molecule has 1 N–H and O–H groups in total. The van der Waals surface area contributed by atoms with Crippen molar-refractivity contribution in [2.75, 3.05) is 19.5 Å². The van der Waals surface area contributed by atoms with Crippen molar-refractivity contribution in [3.8, 4) is 16.9 Å². The Balaban J connectivity index is 1.41. The van der Waals surface area contributed by atoms with Gasteiger partial charge in [0.1, 0.15) is 10.9 Å². The van der Waals surface area contributed by atoms with Crippen molar-refractivity contribution in [3.05, 3.63) is 52.8 Å². The third-order valence-electron chi connectivity index (χ3n) is 5.76. The molecule has 9 nitrogen and oxygen atoms in total. The second kappa shape index (κ2) is 8.69. The summed E-state index contributed by atoms with van der Waals surface area (Å²) < 4.78 is 12.5. The molecule has 4 aromatic rings. The third kappa shape index (κ3) is 4.17. The maximum atomic E-state index is 13.2. The highest BCUT2D eigenvalue weighted by atomic mass is 35.5. The number of ether oxygens (including phenoxy) is 2. The molecule has 5 rings (SSSR count). The van der Waals surface area contributed by atoms with E-state index in [-0.39, 0.29) is 5.91 Å². The van der Waals surface area contributed by atoms with Gasteiger partial charge in [-0.2, -0.15) is 0 Å². The van der Waals surface area contributed by atoms with Gasteiger partial charge >= 0.3 is 0 Å². The normalized spacial score (nSPS) is 17.7. The van der Waals surface area contributed by atoms with Crippen molar-refractivity contribution in [1.29, 1.82) is 0 Å². The van der Waals surface area contributed by atoms with E-state index in [2.05, 4.69) is 25.4 Å². The molecular weight excluding hydrogens is 464 g/mol. The minimum atomic E-state index is -0.341. The smallest absolute Gasteiger partial charge is 0.259 e. The number of amides is 1. The number of halogens is 1. The van der Waals surface area contributed by atoms with Crippen molar-refractivity contribution in [3.63, 3.8) is 0 Å². The number of pyridine rings is 2. The van der Waals surface area contributed by atoms with Crippen LogP contribution < -0.4 is 10.1 Å². The van der Waals surface area contributed by atoms with Crippen LogP contribution in [0.3, 0.4) is 0 Å². The summed E-state index contributed by atoms with van der Waals surface area (Å²) in [4.78, 5) is 26.9. The number of carbonyl (C=O) groups is 1. The zero-order valence-electron chi connectivity index (χ0n) is 18.2. The van der Waals surface area contributed by atoms with Crippen LogP contribution in [0.25, 0.3) is 16.1 Å². The van der Waals surface area contributed by atoms with Gasteiger partial charge in [-0.1, -0.05) is 22.9 Å². The van der Waals surface area contributed by atoms with Crippen molar-refractivity contribution < 1.29 is 14.3 Å². The molecule has 0 aromatic carbocycles. The monoisotopic (exact) mass is 484 g/mol. The lowest BCUT2D eigenvalue weighted by Crippen LogP contribution is -2.28. The van der Waals surface area contributed by atoms with Crippen LogP contribution in [0.2, 0.25) is 5.15 Å². The van der Waals surface area contributed by atoms with E-state index in [4.69, 9.17) is 21.1 Å². The van der Waals surface area contributed by atoms with Crippen LogP contribution in [-0.4, -0.2) is 50.8 Å². The SMILES string of the molecule is COc1cnc(Cl)cc1-c1cc(C)ncc1C(=O)Nc1nn2cc(C3CC(OC)C3)nc2s1. The molecule has 0 radical (unpaired) electrons. The van der Waals surface area contributed by atoms with Gasteiger partial charge in [-0.05, 0) is 31.9 Å². The average Bonchev–Trinajstić information content (AvgIpc) is 3.31. The average molecular weight is 485 g/mol. The van der Waals surface area contributed by atoms with Crippen LogP contribution in [0.4, 0.5) is 5.13 Å². The third-order valence-corrected chi connectivity index (χ3v) is 6.80. The lowest BCUT2D eigenvalue weighted by Gasteiger charge is -2.32. The molecule has 0 aliphatic heterocycles. The Hall–Kier alpha value is -3.08. The van der Waals surface area contributed by atoms with Crippen LogP contribution in [-0.2, 0) is 4.74 Å². The molecule has 170 valence electrons. The standard InChI is InChI=1S/C22H21ClN6O3S/c1-11-4-14(15-7-19(23)25-9-18(15)32-3)16(8-24-11)20(30)27-21-28-29-10-17(26-22(29)33-21)12-5-13(6-12)31-2/h4,7-10,12-13H,5-6H2,1-3H3,(H,27,28,30). The molecular formula is C22H21ClN6O3S. The Morgan fingerprint density at radius 1 is 1.21 bits per heavy atom. The second-order valence-electron chi connectivity index (χ2n) is 7.86. The van der Waals surface area contributed by atoms with Gasteiger partial charge < -0.3 is 9.47 Å². The van der Waals surface area contributed by atoms with Crippen molar-refractivity contribution in [2.24, 2.45) is 0 Å². The Labute approximate surface area is 198 Å². The lowest BCUT2D eigenvalue weighted by molar-refractivity contribution is 0.0249. The molecule has 0 saturated heterocycles. The minimum absolute atomic E-state index is 0.298. The minimum Gasteiger partial charge on any atom is -0.494 e. The van der Waals surface area contributed by atoms with E-state index < -0.39 is 0 Å². The maximum absolute atomic E-state index is 13.2. The van der Waals surface area contributed by atoms with Gasteiger partial charge in [-0.15, -0.1) is 5.10 Å². The fraction of sp³-hybridized carbons (Fsp3) is 0.318. The predicted octanol–water partition coefficient (Wildman–Crippen LogP) is 4.36. The molecule has 1 aliphatic carbocycles. The predicted molar refractivity (Wildman–Crippen MR) is 125 cm³/mol. The number of methoxy groups -OCH3 is 2. The van der Waals surface area contributed by atoms with Crippen LogP contribution in [0.5, 0.6) is 5.75 Å². The van der Waals surface area contributed by atoms with E-state index in [1.807, 2.05) is 19.2 Å². The van der Waals surface area contributed by atoms with Gasteiger partial charge in [0.2, 0.25) is 10.1 Å². The van der Waals surface area contributed by atoms with Crippen molar-refractivity contribution >= 4 is 38.9 Å². The van der Waals surface area contributed by atoms with E-state index in [9.17, 15) is 4.79 Å². The highest BCUT2D eigenvalue weighted by Crippen LogP contribution is 2.38. The summed E-state index contributed by atoms with van der Waals surface area (Å²) in [7, 11) is 3.28. The van der Waals surface area contributed by atoms with Crippen LogP contribution >= 0.6 is 22.9 Å². The summed E-state index contributed by atoms with van der Waals surface area (Å²) in [6.07, 6.45) is 7.23. The number of imidazole rings is 1. The molecule has 4 heterocycles. The summed E-state index contributed by atoms with van der Waals surface area (Å²) in [5.41, 5.74) is 3.42. The van der Waals surface area contributed by atoms with E-state index in [1.54, 1.807) is 24.8 Å². The Morgan fingerprint density at radius 3 is 2.76 bits per heavy atom. The summed E-state index contributed by atoms with van der Waals surface area (Å²) in [6.45, 7) is 1.85. The number of fused-ring (bicyclic) bond motifs is 1. The molecule has 1 aliphatic rings. The van der Waals surface area contributed by atoms with Crippen molar-refractivity contribution in [2.45, 2.75) is 31.8 Å². The first-order valence-corrected chi connectivity index (χ1v) is 11.5. The summed E-state index contributed by atoms with van der Waals surface area (Å²) in [5.74, 6) is 0.558.